The van der Waals surface area contributed by atoms with Gasteiger partial charge in [-0.1, -0.05) is 0 Å². The van der Waals surface area contributed by atoms with Crippen molar-refractivity contribution in [1.82, 2.24) is 0 Å². The van der Waals surface area contributed by atoms with Gasteiger partial charge in [0.15, 0.2) is 0 Å². The number of rotatable bonds is 4. The standard InChI is InChI=1S/C8H12N8S/c9-7(10)15-13-3-5-1-2-6(17-5)4-14-16-8(11)12/h1-4H,(H4,9,10,15)(H4,11,12,16)/b13-3+,14-4+. The third kappa shape index (κ3) is 5.28. The number of nitrogens with zero attached hydrogens (tertiary/aromatic N) is 4. The molecule has 1 heterocycles. The molecule has 0 atom stereocenters. The second-order valence-corrected chi connectivity index (χ2v) is 3.93. The van der Waals surface area contributed by atoms with Crippen LogP contribution in [0, 0.1) is 0 Å². The predicted octanol–water partition coefficient (Wildman–Crippen LogP) is -1.04. The van der Waals surface area contributed by atoms with Gasteiger partial charge >= 0.3 is 0 Å². The first kappa shape index (κ1) is 12.6. The molecule has 0 bridgehead atoms. The van der Waals surface area contributed by atoms with Gasteiger partial charge in [0, 0.05) is 9.75 Å². The summed E-state index contributed by atoms with van der Waals surface area (Å²) in [7, 11) is 0. The molecule has 0 fully saturated rings. The number of nitrogens with two attached hydrogens (primary N) is 4. The van der Waals surface area contributed by atoms with Crippen LogP contribution in [0.5, 0.6) is 0 Å². The Morgan fingerprint density at radius 2 is 1.29 bits per heavy atom. The van der Waals surface area contributed by atoms with Gasteiger partial charge in [-0.05, 0) is 12.1 Å². The lowest BCUT2D eigenvalue weighted by Gasteiger charge is -1.84. The summed E-state index contributed by atoms with van der Waals surface area (Å²) in [5.74, 6) is -0.181. The lowest BCUT2D eigenvalue weighted by Crippen LogP contribution is -2.21. The SMILES string of the molecule is NC(N)=N/N=C/c1ccc(/C=N/N=C(N)N)s1. The Morgan fingerprint density at radius 3 is 1.65 bits per heavy atom. The molecular formula is C8H12N8S. The van der Waals surface area contributed by atoms with E-state index in [9.17, 15) is 0 Å². The van der Waals surface area contributed by atoms with E-state index in [-0.39, 0.29) is 11.9 Å². The number of thiophene rings is 1. The van der Waals surface area contributed by atoms with Crippen molar-refractivity contribution in [2.24, 2.45) is 43.3 Å². The smallest absolute Gasteiger partial charge is 0.211 e. The molecule has 0 aliphatic heterocycles. The number of hydrogen-bond acceptors (Lipinski definition) is 5. The molecule has 0 amide bonds. The first-order valence-electron chi connectivity index (χ1n) is 4.41. The molecule has 17 heavy (non-hydrogen) atoms. The second-order valence-electron chi connectivity index (χ2n) is 2.78. The molecule has 0 spiro atoms. The van der Waals surface area contributed by atoms with Crippen molar-refractivity contribution in [3.8, 4) is 0 Å². The van der Waals surface area contributed by atoms with Gasteiger partial charge in [-0.15, -0.1) is 21.5 Å². The molecule has 0 saturated heterocycles. The normalized spacial score (nSPS) is 10.8. The number of hydrogen-bond donors (Lipinski definition) is 4. The first-order chi connectivity index (χ1) is 8.08. The topological polar surface area (TPSA) is 154 Å². The van der Waals surface area contributed by atoms with E-state index in [2.05, 4.69) is 20.4 Å². The van der Waals surface area contributed by atoms with Gasteiger partial charge in [0.05, 0.1) is 12.4 Å². The summed E-state index contributed by atoms with van der Waals surface area (Å²) in [5.41, 5.74) is 20.5. The summed E-state index contributed by atoms with van der Waals surface area (Å²) >= 11 is 1.44. The highest BCUT2D eigenvalue weighted by Crippen LogP contribution is 2.12. The highest BCUT2D eigenvalue weighted by Gasteiger charge is 1.94. The molecule has 0 unspecified atom stereocenters. The summed E-state index contributed by atoms with van der Waals surface area (Å²) in [5, 5.41) is 14.3. The molecule has 0 saturated carbocycles. The van der Waals surface area contributed by atoms with Crippen molar-refractivity contribution >= 4 is 35.7 Å². The van der Waals surface area contributed by atoms with Gasteiger partial charge in [0.2, 0.25) is 11.9 Å². The van der Waals surface area contributed by atoms with Crippen LogP contribution in [0.25, 0.3) is 0 Å². The lowest BCUT2D eigenvalue weighted by molar-refractivity contribution is 1.22. The van der Waals surface area contributed by atoms with Crippen LogP contribution in [-0.2, 0) is 0 Å². The van der Waals surface area contributed by atoms with E-state index >= 15 is 0 Å². The predicted molar refractivity (Wildman–Crippen MR) is 71.1 cm³/mol. The van der Waals surface area contributed by atoms with Crippen LogP contribution in [0.15, 0.2) is 32.5 Å². The summed E-state index contributed by atoms with van der Waals surface area (Å²) in [6, 6.07) is 3.68. The molecule has 1 aromatic rings. The van der Waals surface area contributed by atoms with E-state index in [0.717, 1.165) is 9.75 Å². The fourth-order valence-electron chi connectivity index (χ4n) is 0.812. The van der Waals surface area contributed by atoms with Crippen molar-refractivity contribution in [3.05, 3.63) is 21.9 Å². The minimum atomic E-state index is -0.0904. The van der Waals surface area contributed by atoms with Crippen LogP contribution in [-0.4, -0.2) is 24.3 Å². The van der Waals surface area contributed by atoms with Gasteiger partial charge in [-0.25, -0.2) is 0 Å². The molecule has 8 nitrogen and oxygen atoms in total. The quantitative estimate of drug-likeness (QED) is 0.307. The Kier molecular flexibility index (Phi) is 4.63. The van der Waals surface area contributed by atoms with Crippen LogP contribution < -0.4 is 22.9 Å². The molecule has 1 rings (SSSR count). The summed E-state index contributed by atoms with van der Waals surface area (Å²) < 4.78 is 0. The fraction of sp³-hybridized carbons (Fsp3) is 0. The van der Waals surface area contributed by atoms with Gasteiger partial charge in [0.25, 0.3) is 0 Å². The largest absolute Gasteiger partial charge is 0.369 e. The molecule has 1 aromatic heterocycles. The van der Waals surface area contributed by atoms with Crippen molar-refractivity contribution in [1.29, 1.82) is 0 Å². The van der Waals surface area contributed by atoms with Crippen LogP contribution in [0.2, 0.25) is 0 Å². The van der Waals surface area contributed by atoms with E-state index in [4.69, 9.17) is 22.9 Å². The molecule has 0 aliphatic carbocycles. The molecule has 0 radical (unpaired) electrons. The summed E-state index contributed by atoms with van der Waals surface area (Å²) in [4.78, 5) is 1.75. The molecular weight excluding hydrogens is 240 g/mol. The Morgan fingerprint density at radius 1 is 0.882 bits per heavy atom. The van der Waals surface area contributed by atoms with Crippen molar-refractivity contribution in [2.75, 3.05) is 0 Å². The minimum absolute atomic E-state index is 0.0904. The Hall–Kier alpha value is -2.42. The van der Waals surface area contributed by atoms with Gasteiger partial charge < -0.3 is 22.9 Å². The van der Waals surface area contributed by atoms with Crippen molar-refractivity contribution < 1.29 is 0 Å². The van der Waals surface area contributed by atoms with Crippen molar-refractivity contribution in [3.63, 3.8) is 0 Å². The molecule has 90 valence electrons. The van der Waals surface area contributed by atoms with Crippen LogP contribution in [0.4, 0.5) is 0 Å². The zero-order valence-electron chi connectivity index (χ0n) is 8.82. The fourth-order valence-corrected chi connectivity index (χ4v) is 1.56. The Bertz CT molecular complexity index is 433. The Labute approximate surface area is 101 Å². The lowest BCUT2D eigenvalue weighted by atomic mass is 10.4. The van der Waals surface area contributed by atoms with E-state index in [1.807, 2.05) is 12.1 Å². The third-order valence-electron chi connectivity index (χ3n) is 1.36. The maximum atomic E-state index is 5.11. The zero-order chi connectivity index (χ0) is 12.7. The Balaban J connectivity index is 2.66. The van der Waals surface area contributed by atoms with E-state index in [0.29, 0.717) is 0 Å². The number of guanidine groups is 2. The summed E-state index contributed by atoms with van der Waals surface area (Å²) in [6.45, 7) is 0. The van der Waals surface area contributed by atoms with E-state index in [1.165, 1.54) is 23.8 Å². The van der Waals surface area contributed by atoms with Gasteiger partial charge in [-0.3, -0.25) is 0 Å². The van der Waals surface area contributed by atoms with E-state index in [1.54, 1.807) is 0 Å². The van der Waals surface area contributed by atoms with Gasteiger partial charge in [0.1, 0.15) is 0 Å². The average Bonchev–Trinajstić information content (AvgIpc) is 2.65. The summed E-state index contributed by atoms with van der Waals surface area (Å²) in [6.07, 6.45) is 3.06. The maximum absolute atomic E-state index is 5.11. The maximum Gasteiger partial charge on any atom is 0.211 e. The van der Waals surface area contributed by atoms with E-state index < -0.39 is 0 Å². The first-order valence-corrected chi connectivity index (χ1v) is 5.23. The van der Waals surface area contributed by atoms with Crippen LogP contribution in [0.3, 0.4) is 0 Å². The van der Waals surface area contributed by atoms with Crippen LogP contribution >= 0.6 is 11.3 Å². The molecule has 0 aliphatic rings. The monoisotopic (exact) mass is 252 g/mol. The molecule has 0 aromatic carbocycles. The van der Waals surface area contributed by atoms with Crippen LogP contribution in [0.1, 0.15) is 9.75 Å². The third-order valence-corrected chi connectivity index (χ3v) is 2.32. The molecule has 8 N–H and O–H groups in total. The average molecular weight is 252 g/mol. The molecule has 9 heteroatoms. The highest BCUT2D eigenvalue weighted by molar-refractivity contribution is 7.15. The van der Waals surface area contributed by atoms with Gasteiger partial charge in [-0.2, -0.15) is 10.2 Å². The van der Waals surface area contributed by atoms with Crippen molar-refractivity contribution in [2.45, 2.75) is 0 Å². The second kappa shape index (κ2) is 6.23. The zero-order valence-corrected chi connectivity index (χ0v) is 9.63. The highest BCUT2D eigenvalue weighted by atomic mass is 32.1. The minimum Gasteiger partial charge on any atom is -0.369 e.